The lowest BCUT2D eigenvalue weighted by Crippen LogP contribution is -1.98. The summed E-state index contributed by atoms with van der Waals surface area (Å²) in [6.45, 7) is 0. The molecule has 18 aromatic carbocycles. The van der Waals surface area contributed by atoms with Gasteiger partial charge in [0.2, 0.25) is 0 Å². The van der Waals surface area contributed by atoms with Gasteiger partial charge in [0, 0.05) is 141 Å². The van der Waals surface area contributed by atoms with Crippen LogP contribution in [0.25, 0.3) is 248 Å². The van der Waals surface area contributed by atoms with E-state index in [1.807, 2.05) is 175 Å². The minimum absolute atomic E-state index is 0.590. The summed E-state index contributed by atoms with van der Waals surface area (Å²) in [4.78, 5) is 30.4. The number of para-hydroxylation sites is 5. The van der Waals surface area contributed by atoms with Crippen LogP contribution in [0.2, 0.25) is 0 Å². The maximum absolute atomic E-state index is 9.55. The van der Waals surface area contributed by atoms with E-state index in [0.29, 0.717) is 34.2 Å². The zero-order valence-corrected chi connectivity index (χ0v) is 74.5. The van der Waals surface area contributed by atoms with Crippen LogP contribution in [-0.2, 0) is 0 Å². The van der Waals surface area contributed by atoms with Gasteiger partial charge in [-0.2, -0.15) is 15.8 Å². The van der Waals surface area contributed by atoms with E-state index in [0.717, 1.165) is 194 Å². The van der Waals surface area contributed by atoms with E-state index >= 15 is 0 Å². The number of hydrogen-bond acceptors (Lipinski definition) is 12. The molecule has 0 unspecified atom stereocenters. The van der Waals surface area contributed by atoms with E-state index in [-0.39, 0.29) is 0 Å². The van der Waals surface area contributed by atoms with Gasteiger partial charge in [0.1, 0.15) is 22.3 Å². The van der Waals surface area contributed by atoms with Gasteiger partial charge < -0.3 is 22.5 Å². The number of hydrogen-bond donors (Lipinski definition) is 0. The largest absolute Gasteiger partial charge is 0.456 e. The summed E-state index contributed by atoms with van der Waals surface area (Å²) < 4.78 is 22.1. The molecule has 138 heavy (non-hydrogen) atoms. The van der Waals surface area contributed by atoms with E-state index in [2.05, 4.69) is 299 Å². The standard InChI is InChI=1S/2C41H24N4O.C41H24N4S/c42-25-26-10-8-13-28(20-26)36-24-35(27-11-2-1-3-12-27)43-41(44-36)29-14-9-15-30(21-29)45-37-18-6-4-16-31(37)33-23-40-34(22-38(33)45)32-17-5-7-19-39(32)46-40;2*42-25-26-17-19-28(20-18-26)36-24-35(27-9-2-1-3-10-27)43-41(44-36)29-11-8-12-30(21-29)45-37-15-6-4-13-31(37)33-23-40-34(22-38(33)45)32-14-5-7-16-39(32)46-40/h3*1-24H. The van der Waals surface area contributed by atoms with Crippen molar-refractivity contribution in [3.63, 3.8) is 0 Å². The van der Waals surface area contributed by atoms with Crippen LogP contribution in [0.3, 0.4) is 0 Å². The van der Waals surface area contributed by atoms with Crippen molar-refractivity contribution in [1.29, 1.82) is 15.8 Å². The van der Waals surface area contributed by atoms with Crippen molar-refractivity contribution >= 4 is 141 Å². The van der Waals surface area contributed by atoms with Crippen molar-refractivity contribution in [3.8, 4) is 137 Å². The van der Waals surface area contributed by atoms with E-state index in [9.17, 15) is 15.8 Å². The summed E-state index contributed by atoms with van der Waals surface area (Å²) in [5, 5.41) is 42.2. The number of thiophene rings is 1. The quantitative estimate of drug-likeness (QED) is 0.113. The Morgan fingerprint density at radius 1 is 0.188 bits per heavy atom. The Kier molecular flexibility index (Phi) is 19.9. The first-order chi connectivity index (χ1) is 68.2. The highest BCUT2D eigenvalue weighted by Crippen LogP contribution is 2.46. The molecule has 27 aromatic rings. The molecule has 0 atom stereocenters. The Bertz CT molecular complexity index is 9340. The number of fused-ring (bicyclic) bond motifs is 18. The summed E-state index contributed by atoms with van der Waals surface area (Å²) in [6.07, 6.45) is 0. The molecule has 0 bridgehead atoms. The van der Waals surface area contributed by atoms with Crippen LogP contribution in [-0.4, -0.2) is 43.6 Å². The molecule has 0 spiro atoms. The lowest BCUT2D eigenvalue weighted by Gasteiger charge is -2.12. The van der Waals surface area contributed by atoms with Crippen LogP contribution in [0.5, 0.6) is 0 Å². The van der Waals surface area contributed by atoms with Crippen LogP contribution in [0.15, 0.2) is 446 Å². The number of rotatable bonds is 12. The Morgan fingerprint density at radius 2 is 0.500 bits per heavy atom. The smallest absolute Gasteiger partial charge is 0.160 e. The van der Waals surface area contributed by atoms with E-state index in [4.69, 9.17) is 38.7 Å². The van der Waals surface area contributed by atoms with Gasteiger partial charge in [0.25, 0.3) is 0 Å². The monoisotopic (exact) mass is 1780 g/mol. The SMILES string of the molecule is N#Cc1ccc(-c2cc(-c3ccccc3)nc(-c3cccc(-n4c5ccccc5c5cc6oc7ccccc7c6cc54)c3)n2)cc1.N#Cc1ccc(-c2cc(-c3ccccc3)nc(-c3cccc(-n4c5ccccc5c5cc6sc7ccccc7c6cc54)c3)n2)cc1.N#Cc1cccc(-c2cc(-c3ccccc3)nc(-c3cccc(-n4c5ccccc5c5cc6oc7ccccc7c6cc54)c3)n2)c1. The predicted molar refractivity (Wildman–Crippen MR) is 560 cm³/mol. The summed E-state index contributed by atoms with van der Waals surface area (Å²) >= 11 is 1.85. The molecule has 9 heterocycles. The van der Waals surface area contributed by atoms with Crippen LogP contribution < -0.4 is 0 Å². The van der Waals surface area contributed by atoms with Crippen molar-refractivity contribution < 1.29 is 8.83 Å². The number of nitrogens with zero attached hydrogens (tertiary/aromatic N) is 12. The van der Waals surface area contributed by atoms with Crippen molar-refractivity contribution in [2.75, 3.05) is 0 Å². The van der Waals surface area contributed by atoms with Gasteiger partial charge in [-0.3, -0.25) is 0 Å². The molecule has 0 amide bonds. The van der Waals surface area contributed by atoms with Gasteiger partial charge >= 0.3 is 0 Å². The van der Waals surface area contributed by atoms with Crippen LogP contribution in [0.4, 0.5) is 0 Å². The van der Waals surface area contributed by atoms with Crippen molar-refractivity contribution in [1.82, 2.24) is 43.6 Å². The third-order valence-electron chi connectivity index (χ3n) is 25.9. The normalized spacial score (nSPS) is 11.5. The maximum atomic E-state index is 9.55. The van der Waals surface area contributed by atoms with Gasteiger partial charge in [-0.05, 0) is 164 Å². The summed E-state index contributed by atoms with van der Waals surface area (Å²) in [5.74, 6) is 1.89. The zero-order valence-electron chi connectivity index (χ0n) is 73.7. The average Bonchev–Trinajstić information content (AvgIpc) is 1.58. The fourth-order valence-corrected chi connectivity index (χ4v) is 20.5. The molecule has 15 heteroatoms. The van der Waals surface area contributed by atoms with Crippen LogP contribution >= 0.6 is 11.3 Å². The number of furan rings is 2. The first-order valence-corrected chi connectivity index (χ1v) is 46.2. The molecule has 0 fully saturated rings. The fraction of sp³-hybridized carbons (Fsp3) is 0. The average molecular weight is 1780 g/mol. The molecular formula is C123H72N12O2S. The molecule has 0 saturated heterocycles. The van der Waals surface area contributed by atoms with E-state index in [1.54, 1.807) is 6.07 Å². The summed E-state index contributed by atoms with van der Waals surface area (Å²) in [7, 11) is 0. The molecule has 0 radical (unpaired) electrons. The lowest BCUT2D eigenvalue weighted by atomic mass is 10.0. The molecule has 14 nitrogen and oxygen atoms in total. The highest BCUT2D eigenvalue weighted by Gasteiger charge is 2.24. The number of aromatic nitrogens is 9. The topological polar surface area (TPSA) is 190 Å². The zero-order chi connectivity index (χ0) is 91.8. The van der Waals surface area contributed by atoms with Crippen molar-refractivity contribution in [3.05, 3.63) is 453 Å². The van der Waals surface area contributed by atoms with Gasteiger partial charge in [-0.1, -0.05) is 273 Å². The molecule has 0 aliphatic heterocycles. The number of benzene rings is 18. The van der Waals surface area contributed by atoms with E-state index < -0.39 is 0 Å². The van der Waals surface area contributed by atoms with Gasteiger partial charge in [-0.15, -0.1) is 11.3 Å². The maximum Gasteiger partial charge on any atom is 0.160 e. The van der Waals surface area contributed by atoms with Gasteiger partial charge in [0.15, 0.2) is 17.5 Å². The first kappa shape index (κ1) is 80.9. The fourth-order valence-electron chi connectivity index (χ4n) is 19.4. The highest BCUT2D eigenvalue weighted by molar-refractivity contribution is 7.25. The summed E-state index contributed by atoms with van der Waals surface area (Å²) in [5.41, 5.74) is 28.6. The third kappa shape index (κ3) is 14.5. The lowest BCUT2D eigenvalue weighted by molar-refractivity contribution is 0.669. The second-order valence-electron chi connectivity index (χ2n) is 34.2. The molecule has 27 rings (SSSR count). The minimum atomic E-state index is 0.590. The molecule has 0 aliphatic rings. The van der Waals surface area contributed by atoms with Crippen molar-refractivity contribution in [2.45, 2.75) is 0 Å². The minimum Gasteiger partial charge on any atom is -0.456 e. The van der Waals surface area contributed by atoms with Crippen LogP contribution in [0.1, 0.15) is 16.7 Å². The van der Waals surface area contributed by atoms with Crippen molar-refractivity contribution in [2.24, 2.45) is 0 Å². The Morgan fingerprint density at radius 3 is 0.899 bits per heavy atom. The summed E-state index contributed by atoms with van der Waals surface area (Å²) in [6, 6.07) is 155. The Balaban J connectivity index is 0.000000110. The molecule has 0 aliphatic carbocycles. The molecule has 0 saturated carbocycles. The number of nitriles is 3. The third-order valence-corrected chi connectivity index (χ3v) is 27.0. The van der Waals surface area contributed by atoms with Gasteiger partial charge in [-0.25, -0.2) is 29.9 Å². The molecule has 642 valence electrons. The Hall–Kier alpha value is -19.1. The second kappa shape index (κ2) is 33.9. The molecular weight excluding hydrogens is 1710 g/mol. The highest BCUT2D eigenvalue weighted by atomic mass is 32.1. The molecule has 9 aromatic heterocycles. The predicted octanol–water partition coefficient (Wildman–Crippen LogP) is 31.5. The second-order valence-corrected chi connectivity index (χ2v) is 35.2. The first-order valence-electron chi connectivity index (χ1n) is 45.4. The van der Waals surface area contributed by atoms with Gasteiger partial charge in [0.05, 0.1) is 102 Å². The van der Waals surface area contributed by atoms with E-state index in [1.165, 1.54) is 36.5 Å². The Labute approximate surface area is 793 Å². The molecule has 0 N–H and O–H groups in total. The van der Waals surface area contributed by atoms with Crippen LogP contribution in [0, 0.1) is 34.0 Å².